The van der Waals surface area contributed by atoms with Crippen molar-refractivity contribution in [1.82, 2.24) is 15.6 Å². The highest BCUT2D eigenvalue weighted by Crippen LogP contribution is 2.21. The van der Waals surface area contributed by atoms with Gasteiger partial charge in [-0.25, -0.2) is 0 Å². The van der Waals surface area contributed by atoms with Gasteiger partial charge in [0, 0.05) is 24.5 Å². The first-order chi connectivity index (χ1) is 9.75. The van der Waals surface area contributed by atoms with Gasteiger partial charge >= 0.3 is 0 Å². The number of hydrogen-bond acceptors (Lipinski definition) is 2. The summed E-state index contributed by atoms with van der Waals surface area (Å²) < 4.78 is 0. The van der Waals surface area contributed by atoms with E-state index >= 15 is 0 Å². The van der Waals surface area contributed by atoms with Crippen LogP contribution in [0.3, 0.4) is 0 Å². The van der Waals surface area contributed by atoms with Crippen molar-refractivity contribution in [2.45, 2.75) is 19.4 Å². The molecule has 1 amide bonds. The molecule has 1 aliphatic heterocycles. The van der Waals surface area contributed by atoms with Crippen LogP contribution in [0.25, 0.3) is 0 Å². The van der Waals surface area contributed by atoms with Gasteiger partial charge in [0.15, 0.2) is 0 Å². The summed E-state index contributed by atoms with van der Waals surface area (Å²) >= 11 is 0. The Kier molecular flexibility index (Phi) is 3.56. The van der Waals surface area contributed by atoms with Crippen molar-refractivity contribution in [3.63, 3.8) is 0 Å². The summed E-state index contributed by atoms with van der Waals surface area (Å²) in [6.45, 7) is 3.48. The standard InChI is InChI=1S/C16H19N3O/c1-11-13(7-9-17-11)16(20)19-10-15-14-5-3-2-4-12(14)6-8-18-15/h2-5,7,9,15,17-18H,6,8,10H2,1H3,(H,19,20). The number of nitrogens with one attached hydrogen (secondary N) is 3. The highest BCUT2D eigenvalue weighted by Gasteiger charge is 2.20. The molecule has 1 aromatic heterocycles. The van der Waals surface area contributed by atoms with E-state index in [1.165, 1.54) is 11.1 Å². The molecule has 4 nitrogen and oxygen atoms in total. The second-order valence-electron chi connectivity index (χ2n) is 5.18. The Morgan fingerprint density at radius 2 is 2.20 bits per heavy atom. The predicted molar refractivity (Wildman–Crippen MR) is 78.8 cm³/mol. The van der Waals surface area contributed by atoms with Crippen LogP contribution in [0, 0.1) is 6.92 Å². The van der Waals surface area contributed by atoms with E-state index in [1.54, 1.807) is 6.20 Å². The van der Waals surface area contributed by atoms with Crippen LogP contribution >= 0.6 is 0 Å². The predicted octanol–water partition coefficient (Wildman–Crippen LogP) is 1.94. The number of aromatic amines is 1. The Balaban J connectivity index is 1.68. The number of hydrogen-bond donors (Lipinski definition) is 3. The van der Waals surface area contributed by atoms with Gasteiger partial charge in [-0.2, -0.15) is 0 Å². The molecule has 20 heavy (non-hydrogen) atoms. The number of H-pyrrole nitrogens is 1. The number of fused-ring (bicyclic) bond motifs is 1. The molecule has 104 valence electrons. The molecular formula is C16H19N3O. The zero-order valence-corrected chi connectivity index (χ0v) is 11.6. The Labute approximate surface area is 118 Å². The third-order valence-corrected chi connectivity index (χ3v) is 3.88. The van der Waals surface area contributed by atoms with E-state index in [4.69, 9.17) is 0 Å². The van der Waals surface area contributed by atoms with Crippen LogP contribution in [0.2, 0.25) is 0 Å². The lowest BCUT2D eigenvalue weighted by Gasteiger charge is -2.27. The van der Waals surface area contributed by atoms with Gasteiger partial charge in [0.1, 0.15) is 0 Å². The number of amides is 1. The third kappa shape index (κ3) is 2.47. The maximum atomic E-state index is 12.1. The summed E-state index contributed by atoms with van der Waals surface area (Å²) in [5, 5.41) is 6.48. The van der Waals surface area contributed by atoms with E-state index in [0.717, 1.165) is 18.7 Å². The molecule has 0 radical (unpaired) electrons. The summed E-state index contributed by atoms with van der Waals surface area (Å²) in [5.74, 6) is -0.0198. The molecule has 0 aliphatic carbocycles. The second kappa shape index (κ2) is 5.51. The zero-order valence-electron chi connectivity index (χ0n) is 11.6. The lowest BCUT2D eigenvalue weighted by molar-refractivity contribution is 0.0948. The molecule has 1 atom stereocenters. The van der Waals surface area contributed by atoms with E-state index in [1.807, 2.05) is 13.0 Å². The van der Waals surface area contributed by atoms with E-state index in [9.17, 15) is 4.79 Å². The quantitative estimate of drug-likeness (QED) is 0.797. The van der Waals surface area contributed by atoms with Crippen molar-refractivity contribution >= 4 is 5.91 Å². The van der Waals surface area contributed by atoms with Crippen molar-refractivity contribution < 1.29 is 4.79 Å². The molecule has 1 aromatic carbocycles. The minimum Gasteiger partial charge on any atom is -0.365 e. The number of aromatic nitrogens is 1. The van der Waals surface area contributed by atoms with Gasteiger partial charge in [0.2, 0.25) is 0 Å². The number of carbonyl (C=O) groups is 1. The number of carbonyl (C=O) groups excluding carboxylic acids is 1. The molecular weight excluding hydrogens is 250 g/mol. The molecule has 0 spiro atoms. The van der Waals surface area contributed by atoms with Gasteiger partial charge in [-0.15, -0.1) is 0 Å². The lowest BCUT2D eigenvalue weighted by atomic mass is 9.94. The minimum absolute atomic E-state index is 0.0198. The van der Waals surface area contributed by atoms with Crippen molar-refractivity contribution in [2.75, 3.05) is 13.1 Å². The molecule has 2 heterocycles. The molecule has 4 heteroatoms. The number of aryl methyl sites for hydroxylation is 1. The summed E-state index contributed by atoms with van der Waals surface area (Å²) in [5.41, 5.74) is 4.29. The summed E-state index contributed by atoms with van der Waals surface area (Å²) in [4.78, 5) is 15.1. The van der Waals surface area contributed by atoms with Gasteiger partial charge in [-0.05, 0) is 37.1 Å². The monoisotopic (exact) mass is 269 g/mol. The maximum absolute atomic E-state index is 12.1. The SMILES string of the molecule is Cc1[nH]ccc1C(=O)NCC1NCCc2ccccc21. The largest absolute Gasteiger partial charge is 0.365 e. The van der Waals surface area contributed by atoms with Gasteiger partial charge in [-0.3, -0.25) is 4.79 Å². The molecule has 3 rings (SSSR count). The fraction of sp³-hybridized carbons (Fsp3) is 0.312. The van der Waals surface area contributed by atoms with Crippen molar-refractivity contribution in [2.24, 2.45) is 0 Å². The van der Waals surface area contributed by atoms with Crippen LogP contribution in [0.15, 0.2) is 36.5 Å². The van der Waals surface area contributed by atoms with Crippen molar-refractivity contribution in [1.29, 1.82) is 0 Å². The van der Waals surface area contributed by atoms with Gasteiger partial charge in [0.25, 0.3) is 5.91 Å². The van der Waals surface area contributed by atoms with Crippen molar-refractivity contribution in [3.8, 4) is 0 Å². The smallest absolute Gasteiger partial charge is 0.253 e. The molecule has 1 aliphatic rings. The fourth-order valence-electron chi connectivity index (χ4n) is 2.76. The lowest BCUT2D eigenvalue weighted by Crippen LogP contribution is -2.38. The van der Waals surface area contributed by atoms with E-state index in [-0.39, 0.29) is 11.9 Å². The Morgan fingerprint density at radius 3 is 3.00 bits per heavy atom. The van der Waals surface area contributed by atoms with Crippen LogP contribution in [0.1, 0.15) is 33.2 Å². The van der Waals surface area contributed by atoms with Crippen LogP contribution in [-0.4, -0.2) is 24.0 Å². The number of benzene rings is 1. The van der Waals surface area contributed by atoms with Crippen LogP contribution in [0.5, 0.6) is 0 Å². The molecule has 0 bridgehead atoms. The maximum Gasteiger partial charge on any atom is 0.253 e. The highest BCUT2D eigenvalue weighted by atomic mass is 16.1. The topological polar surface area (TPSA) is 56.9 Å². The Hall–Kier alpha value is -2.07. The molecule has 1 unspecified atom stereocenters. The summed E-state index contributed by atoms with van der Waals surface area (Å²) in [6, 6.07) is 10.4. The fourth-order valence-corrected chi connectivity index (χ4v) is 2.76. The van der Waals surface area contributed by atoms with Crippen LogP contribution < -0.4 is 10.6 Å². The first-order valence-corrected chi connectivity index (χ1v) is 6.99. The molecule has 3 N–H and O–H groups in total. The second-order valence-corrected chi connectivity index (χ2v) is 5.18. The average Bonchev–Trinajstić information content (AvgIpc) is 2.91. The normalized spacial score (nSPS) is 17.6. The van der Waals surface area contributed by atoms with E-state index in [2.05, 4.69) is 39.9 Å². The average molecular weight is 269 g/mol. The molecule has 0 fully saturated rings. The highest BCUT2D eigenvalue weighted by molar-refractivity contribution is 5.95. The third-order valence-electron chi connectivity index (χ3n) is 3.88. The first-order valence-electron chi connectivity index (χ1n) is 6.99. The van der Waals surface area contributed by atoms with Crippen LogP contribution in [0.4, 0.5) is 0 Å². The van der Waals surface area contributed by atoms with Crippen molar-refractivity contribution in [3.05, 3.63) is 58.9 Å². The molecule has 2 aromatic rings. The molecule has 0 saturated heterocycles. The Morgan fingerprint density at radius 1 is 1.35 bits per heavy atom. The van der Waals surface area contributed by atoms with Gasteiger partial charge in [-0.1, -0.05) is 24.3 Å². The van der Waals surface area contributed by atoms with Crippen LogP contribution in [-0.2, 0) is 6.42 Å². The number of rotatable bonds is 3. The van der Waals surface area contributed by atoms with Gasteiger partial charge in [0.05, 0.1) is 5.56 Å². The minimum atomic E-state index is -0.0198. The van der Waals surface area contributed by atoms with E-state index < -0.39 is 0 Å². The summed E-state index contributed by atoms with van der Waals surface area (Å²) in [7, 11) is 0. The summed E-state index contributed by atoms with van der Waals surface area (Å²) in [6.07, 6.45) is 2.84. The van der Waals surface area contributed by atoms with E-state index in [0.29, 0.717) is 12.1 Å². The molecule has 0 saturated carbocycles. The van der Waals surface area contributed by atoms with Gasteiger partial charge < -0.3 is 15.6 Å². The zero-order chi connectivity index (χ0) is 13.9. The Bertz CT molecular complexity index is 618. The first kappa shape index (κ1) is 12.9.